The van der Waals surface area contributed by atoms with Gasteiger partial charge in [-0.05, 0) is 68.6 Å². The lowest BCUT2D eigenvalue weighted by atomic mass is 9.47. The molecule has 0 aromatic rings. The molecule has 0 aliphatic heterocycles. The maximum Gasteiger partial charge on any atom is 0.302 e. The Bertz CT molecular complexity index is 839. The Morgan fingerprint density at radius 2 is 1.81 bits per heavy atom. The Morgan fingerprint density at radius 1 is 1.10 bits per heavy atom. The second kappa shape index (κ2) is 7.41. The quantitative estimate of drug-likeness (QED) is 0.532. The monoisotopic (exact) mass is 433 g/mol. The molecule has 3 fully saturated rings. The number of hydrogen-bond acceptors (Lipinski definition) is 4. The van der Waals surface area contributed by atoms with E-state index >= 15 is 4.39 Å². The molecule has 0 spiro atoms. The van der Waals surface area contributed by atoms with Gasteiger partial charge >= 0.3 is 5.97 Å². The fraction of sp³-hybridized carbons (Fsp3) is 0.800. The number of allylic oxidation sites excluding steroid dienone is 1. The summed E-state index contributed by atoms with van der Waals surface area (Å²) in [5.74, 6) is -0.196. The minimum absolute atomic E-state index is 0.0299. The van der Waals surface area contributed by atoms with Crippen LogP contribution in [0.5, 0.6) is 0 Å². The average Bonchev–Trinajstić information content (AvgIpc) is 2.90. The summed E-state index contributed by atoms with van der Waals surface area (Å²) in [5, 5.41) is 2.78. The van der Waals surface area contributed by atoms with Crippen LogP contribution in [0.15, 0.2) is 11.6 Å². The molecule has 0 bridgehead atoms. The number of fused-ring (bicyclic) bond motifs is 5. The zero-order chi connectivity index (χ0) is 22.8. The van der Waals surface area contributed by atoms with Gasteiger partial charge in [-0.15, -0.1) is 0 Å². The molecule has 5 nitrogen and oxygen atoms in total. The highest BCUT2D eigenvalue weighted by Gasteiger charge is 2.70. The van der Waals surface area contributed by atoms with Crippen molar-refractivity contribution in [2.75, 3.05) is 0 Å². The number of carbonyl (C=O) groups excluding carboxylic acids is 3. The summed E-state index contributed by atoms with van der Waals surface area (Å²) in [5.41, 5.74) is -1.37. The van der Waals surface area contributed by atoms with E-state index in [4.69, 9.17) is 4.74 Å². The second-order valence-electron chi connectivity index (χ2n) is 10.9. The minimum Gasteiger partial charge on any atom is -0.462 e. The number of alkyl halides is 1. The van der Waals surface area contributed by atoms with E-state index in [0.29, 0.717) is 24.7 Å². The van der Waals surface area contributed by atoms with Crippen molar-refractivity contribution in [2.24, 2.45) is 28.6 Å². The Morgan fingerprint density at radius 3 is 2.42 bits per heavy atom. The molecule has 4 aliphatic rings. The summed E-state index contributed by atoms with van der Waals surface area (Å²) in [7, 11) is 0. The molecule has 1 amide bonds. The maximum absolute atomic E-state index is 16.5. The van der Waals surface area contributed by atoms with Crippen molar-refractivity contribution < 1.29 is 23.5 Å². The molecule has 8 atom stereocenters. The number of carbonyl (C=O) groups is 3. The van der Waals surface area contributed by atoms with Gasteiger partial charge in [-0.2, -0.15) is 0 Å². The van der Waals surface area contributed by atoms with Crippen LogP contribution in [0.4, 0.5) is 4.39 Å². The van der Waals surface area contributed by atoms with Gasteiger partial charge in [-0.3, -0.25) is 14.4 Å². The topological polar surface area (TPSA) is 72.5 Å². The fourth-order valence-electron chi connectivity index (χ4n) is 8.04. The van der Waals surface area contributed by atoms with Crippen LogP contribution < -0.4 is 5.32 Å². The van der Waals surface area contributed by atoms with E-state index < -0.39 is 22.9 Å². The van der Waals surface area contributed by atoms with Crippen molar-refractivity contribution in [1.29, 1.82) is 0 Å². The molecule has 3 unspecified atom stereocenters. The van der Waals surface area contributed by atoms with Crippen LogP contribution in [0.1, 0.15) is 79.6 Å². The third kappa shape index (κ3) is 3.19. The molecule has 172 valence electrons. The van der Waals surface area contributed by atoms with Gasteiger partial charge in [-0.25, -0.2) is 4.39 Å². The maximum atomic E-state index is 16.5. The molecule has 4 aliphatic carbocycles. The van der Waals surface area contributed by atoms with E-state index in [0.717, 1.165) is 32.1 Å². The van der Waals surface area contributed by atoms with E-state index in [9.17, 15) is 14.4 Å². The van der Waals surface area contributed by atoms with Gasteiger partial charge in [0.25, 0.3) is 0 Å². The van der Waals surface area contributed by atoms with Crippen LogP contribution in [0.2, 0.25) is 0 Å². The third-order valence-electron chi connectivity index (χ3n) is 9.47. The van der Waals surface area contributed by atoms with E-state index in [1.165, 1.54) is 26.3 Å². The van der Waals surface area contributed by atoms with Gasteiger partial charge in [0.05, 0.1) is 6.04 Å². The lowest BCUT2D eigenvalue weighted by Crippen LogP contribution is -2.60. The molecule has 6 heteroatoms. The van der Waals surface area contributed by atoms with Crippen LogP contribution in [-0.4, -0.2) is 35.5 Å². The molecule has 4 rings (SSSR count). The third-order valence-corrected chi connectivity index (χ3v) is 9.47. The number of ketones is 1. The van der Waals surface area contributed by atoms with Crippen LogP contribution in [0.25, 0.3) is 0 Å². The number of Topliss-reactive ketones (excluding diaryl/α,β-unsaturated/α-hetero) is 1. The fourth-order valence-corrected chi connectivity index (χ4v) is 8.04. The van der Waals surface area contributed by atoms with Gasteiger partial charge in [0.2, 0.25) is 5.91 Å². The molecular weight excluding hydrogens is 397 g/mol. The van der Waals surface area contributed by atoms with Crippen molar-refractivity contribution in [2.45, 2.75) is 97.4 Å². The predicted molar refractivity (Wildman–Crippen MR) is 115 cm³/mol. The molecule has 0 radical (unpaired) electrons. The molecule has 0 saturated heterocycles. The number of rotatable bonds is 3. The van der Waals surface area contributed by atoms with E-state index in [2.05, 4.69) is 18.3 Å². The summed E-state index contributed by atoms with van der Waals surface area (Å²) in [6.45, 7) is 8.47. The number of ether oxygens (including phenoxy) is 1. The van der Waals surface area contributed by atoms with Crippen LogP contribution in [0, 0.1) is 28.6 Å². The first kappa shape index (κ1) is 22.5. The summed E-state index contributed by atoms with van der Waals surface area (Å²) < 4.78 is 22.0. The first-order valence-corrected chi connectivity index (χ1v) is 11.8. The minimum atomic E-state index is -2.02. The van der Waals surface area contributed by atoms with Crippen molar-refractivity contribution in [3.8, 4) is 0 Å². The molecular formula is C25H36FNO4. The summed E-state index contributed by atoms with van der Waals surface area (Å²) in [6, 6.07) is -0.755. The predicted octanol–water partition coefficient (Wildman–Crippen LogP) is 4.29. The van der Waals surface area contributed by atoms with E-state index in [1.54, 1.807) is 0 Å². The molecule has 3 saturated carbocycles. The van der Waals surface area contributed by atoms with Crippen LogP contribution in [0.3, 0.4) is 0 Å². The highest BCUT2D eigenvalue weighted by atomic mass is 19.1. The van der Waals surface area contributed by atoms with Crippen molar-refractivity contribution in [3.63, 3.8) is 0 Å². The number of esters is 1. The first-order chi connectivity index (χ1) is 14.4. The van der Waals surface area contributed by atoms with E-state index in [-0.39, 0.29) is 29.3 Å². The Kier molecular flexibility index (Phi) is 5.37. The van der Waals surface area contributed by atoms with Crippen molar-refractivity contribution in [1.82, 2.24) is 5.32 Å². The zero-order valence-electron chi connectivity index (χ0n) is 19.4. The molecule has 31 heavy (non-hydrogen) atoms. The Balaban J connectivity index is 1.65. The summed E-state index contributed by atoms with van der Waals surface area (Å²) >= 11 is 0. The van der Waals surface area contributed by atoms with E-state index in [1.807, 2.05) is 6.92 Å². The van der Waals surface area contributed by atoms with Gasteiger partial charge in [-0.1, -0.05) is 25.5 Å². The van der Waals surface area contributed by atoms with Gasteiger partial charge in [0.15, 0.2) is 11.5 Å². The number of halogens is 1. The smallest absolute Gasteiger partial charge is 0.302 e. The number of amides is 1. The molecule has 0 heterocycles. The largest absolute Gasteiger partial charge is 0.462 e. The molecule has 0 aromatic carbocycles. The molecule has 1 N–H and O–H groups in total. The lowest BCUT2D eigenvalue weighted by Gasteiger charge is -2.58. The average molecular weight is 434 g/mol. The van der Waals surface area contributed by atoms with Gasteiger partial charge in [0, 0.05) is 25.7 Å². The summed E-state index contributed by atoms with van der Waals surface area (Å²) in [4.78, 5) is 35.9. The van der Waals surface area contributed by atoms with Gasteiger partial charge in [0.1, 0.15) is 6.10 Å². The van der Waals surface area contributed by atoms with Crippen molar-refractivity contribution in [3.05, 3.63) is 11.6 Å². The Hall–Kier alpha value is -1.72. The number of hydrogen-bond donors (Lipinski definition) is 1. The van der Waals surface area contributed by atoms with Crippen LogP contribution >= 0.6 is 0 Å². The normalized spacial score (nSPS) is 46.1. The number of nitrogens with one attached hydrogen (secondary N) is 1. The SMILES string of the molecule is CC(=O)N[C@@H]1CC2C3CC=C4C[C@@H](OC(C)=O)CC[C@]4(C)C3CC[C@]2(C)[C@@]1(F)C(C)=O. The highest BCUT2D eigenvalue weighted by molar-refractivity contribution is 5.88. The van der Waals surface area contributed by atoms with Gasteiger partial charge < -0.3 is 10.1 Å². The van der Waals surface area contributed by atoms with Crippen LogP contribution in [-0.2, 0) is 19.1 Å². The second-order valence-corrected chi connectivity index (χ2v) is 10.9. The lowest BCUT2D eigenvalue weighted by molar-refractivity contribution is -0.151. The summed E-state index contributed by atoms with van der Waals surface area (Å²) in [6.07, 6.45) is 7.78. The molecule has 0 aromatic heterocycles. The highest BCUT2D eigenvalue weighted by Crippen LogP contribution is 2.68. The Labute approximate surface area is 184 Å². The first-order valence-electron chi connectivity index (χ1n) is 11.8. The van der Waals surface area contributed by atoms with Crippen molar-refractivity contribution >= 4 is 17.7 Å². The zero-order valence-corrected chi connectivity index (χ0v) is 19.4. The standard InChI is InChI=1S/C25H36FNO4/c1-14(28)25(26)22(27-15(2)29)13-21-19-7-6-17-12-18(31-16(3)30)8-10-23(17,4)20(19)9-11-24(21,25)5/h6,18-22H,7-13H2,1-5H3,(H,27,29)/t18-,19?,20?,21?,22+,23-,24-,25+/m0/s1.